The molecule has 11 nitrogen and oxygen atoms in total. The zero-order valence-electron chi connectivity index (χ0n) is 19.3. The van der Waals surface area contributed by atoms with Crippen molar-refractivity contribution in [1.29, 1.82) is 0 Å². The molecule has 0 atom stereocenters. The van der Waals surface area contributed by atoms with Crippen LogP contribution in [-0.4, -0.2) is 76.9 Å². The lowest BCUT2D eigenvalue weighted by Crippen LogP contribution is -2.25. The van der Waals surface area contributed by atoms with Gasteiger partial charge in [-0.05, 0) is 55.9 Å². The summed E-state index contributed by atoms with van der Waals surface area (Å²) >= 11 is 8.11. The van der Waals surface area contributed by atoms with Gasteiger partial charge in [-0.3, -0.25) is 4.98 Å². The molecule has 0 saturated carbocycles. The van der Waals surface area contributed by atoms with Crippen molar-refractivity contribution >= 4 is 55.6 Å². The van der Waals surface area contributed by atoms with Gasteiger partial charge in [-0.15, -0.1) is 0 Å². The SMILES string of the molecule is CCN(CC)CCSCCCNc1c(C)cnc2cc(Cl)ccc12.O=P(O)(O)O.O=P(O)(O)O. The number of hydrogen-bond donors (Lipinski definition) is 7. The zero-order valence-corrected chi connectivity index (χ0v) is 22.7. The normalized spacial score (nSPS) is 11.5. The summed E-state index contributed by atoms with van der Waals surface area (Å²) in [6, 6.07) is 5.91. The molecule has 0 aliphatic heterocycles. The molecule has 0 saturated heterocycles. The second-order valence-electron chi connectivity index (χ2n) is 6.92. The van der Waals surface area contributed by atoms with Crippen molar-refractivity contribution in [2.24, 2.45) is 0 Å². The van der Waals surface area contributed by atoms with Gasteiger partial charge in [-0.2, -0.15) is 11.8 Å². The Bertz CT molecular complexity index is 920. The predicted molar refractivity (Wildman–Crippen MR) is 138 cm³/mol. The number of rotatable bonds is 10. The van der Waals surface area contributed by atoms with Crippen LogP contribution in [0.5, 0.6) is 0 Å². The number of aromatic nitrogens is 1. The second-order valence-corrected chi connectivity index (χ2v) is 10.6. The maximum absolute atomic E-state index is 8.88. The minimum absolute atomic E-state index is 0.731. The summed E-state index contributed by atoms with van der Waals surface area (Å²) in [5.74, 6) is 2.42. The predicted octanol–water partition coefficient (Wildman–Crippen LogP) is 3.22. The fourth-order valence-corrected chi connectivity index (χ4v) is 3.83. The molecule has 15 heteroatoms. The Balaban J connectivity index is 0.000000916. The number of halogens is 1. The molecule has 1 heterocycles. The number of aryl methyl sites for hydroxylation is 1. The smallest absolute Gasteiger partial charge is 0.384 e. The number of thioether (sulfide) groups is 1. The second kappa shape index (κ2) is 16.8. The Morgan fingerprint density at radius 2 is 1.59 bits per heavy atom. The zero-order chi connectivity index (χ0) is 26.4. The Labute approximate surface area is 209 Å². The van der Waals surface area contributed by atoms with E-state index in [9.17, 15) is 0 Å². The van der Waals surface area contributed by atoms with Crippen molar-refractivity contribution in [2.75, 3.05) is 43.0 Å². The molecule has 0 bridgehead atoms. The Kier molecular flexibility index (Phi) is 16.5. The highest BCUT2D eigenvalue weighted by molar-refractivity contribution is 7.99. The van der Waals surface area contributed by atoms with Gasteiger partial charge in [0.1, 0.15) is 0 Å². The van der Waals surface area contributed by atoms with Crippen LogP contribution in [-0.2, 0) is 9.13 Å². The Morgan fingerprint density at radius 1 is 1.03 bits per heavy atom. The summed E-state index contributed by atoms with van der Waals surface area (Å²) in [5, 5.41) is 5.47. The van der Waals surface area contributed by atoms with E-state index in [4.69, 9.17) is 50.1 Å². The summed E-state index contributed by atoms with van der Waals surface area (Å²) in [4.78, 5) is 50.1. The minimum atomic E-state index is -4.64. The van der Waals surface area contributed by atoms with Crippen LogP contribution in [0.25, 0.3) is 10.9 Å². The first-order valence-corrected chi connectivity index (χ1v) is 15.0. The Morgan fingerprint density at radius 3 is 2.12 bits per heavy atom. The number of hydrogen-bond acceptors (Lipinski definition) is 6. The molecular weight excluding hydrogens is 528 g/mol. The van der Waals surface area contributed by atoms with E-state index in [1.165, 1.54) is 35.7 Å². The van der Waals surface area contributed by atoms with E-state index in [1.807, 2.05) is 30.1 Å². The van der Waals surface area contributed by atoms with Crippen molar-refractivity contribution in [3.8, 4) is 0 Å². The quantitative estimate of drug-likeness (QED) is 0.166. The van der Waals surface area contributed by atoms with E-state index in [0.717, 1.165) is 35.6 Å². The van der Waals surface area contributed by atoms with Crippen LogP contribution in [0.15, 0.2) is 24.4 Å². The highest BCUT2D eigenvalue weighted by atomic mass is 35.5. The third-order valence-corrected chi connectivity index (χ3v) is 5.52. The van der Waals surface area contributed by atoms with Gasteiger partial charge in [0.2, 0.25) is 0 Å². The number of nitrogens with zero attached hydrogens (tertiary/aromatic N) is 2. The fraction of sp³-hybridized carbons (Fsp3) is 0.526. The van der Waals surface area contributed by atoms with Gasteiger partial charge >= 0.3 is 15.6 Å². The van der Waals surface area contributed by atoms with Crippen LogP contribution >= 0.6 is 39.0 Å². The van der Waals surface area contributed by atoms with E-state index in [2.05, 4.69) is 42.0 Å². The van der Waals surface area contributed by atoms with Crippen LogP contribution in [0.1, 0.15) is 25.8 Å². The molecular formula is C19H34ClN3O8P2S. The van der Waals surface area contributed by atoms with E-state index >= 15 is 0 Å². The van der Waals surface area contributed by atoms with Gasteiger partial charge in [0.15, 0.2) is 0 Å². The molecule has 1 aromatic heterocycles. The minimum Gasteiger partial charge on any atom is -0.384 e. The van der Waals surface area contributed by atoms with Crippen molar-refractivity contribution < 1.29 is 38.5 Å². The van der Waals surface area contributed by atoms with Crippen LogP contribution in [0, 0.1) is 6.92 Å². The van der Waals surface area contributed by atoms with Gasteiger partial charge in [-0.25, -0.2) is 9.13 Å². The van der Waals surface area contributed by atoms with E-state index in [1.54, 1.807) is 0 Å². The van der Waals surface area contributed by atoms with E-state index < -0.39 is 15.6 Å². The molecule has 2 rings (SSSR count). The average molecular weight is 562 g/mol. The molecule has 2 aromatic rings. The lowest BCUT2D eigenvalue weighted by Gasteiger charge is -2.17. The summed E-state index contributed by atoms with van der Waals surface area (Å²) < 4.78 is 17.8. The van der Waals surface area contributed by atoms with E-state index in [0.29, 0.717) is 0 Å². The summed E-state index contributed by atoms with van der Waals surface area (Å²) in [6.45, 7) is 11.0. The molecule has 0 unspecified atom stereocenters. The van der Waals surface area contributed by atoms with Crippen molar-refractivity contribution in [3.05, 3.63) is 35.0 Å². The molecule has 0 aliphatic rings. The van der Waals surface area contributed by atoms with Crippen molar-refractivity contribution in [1.82, 2.24) is 9.88 Å². The maximum Gasteiger partial charge on any atom is 0.466 e. The standard InChI is InChI=1S/C19H28ClN3S.2H3O4P/c1-4-23(5-2)10-12-24-11-6-9-21-19-15(3)14-22-18-13-16(20)7-8-17(18)19;2*1-5(2,3)4/h7-8,13-14H,4-6,9-12H2,1-3H3,(H,21,22);2*(H3,1,2,3,4). The Hall–Kier alpha value is -0.750. The first-order chi connectivity index (χ1) is 15.7. The largest absolute Gasteiger partial charge is 0.466 e. The van der Waals surface area contributed by atoms with Gasteiger partial charge in [0, 0.05) is 41.1 Å². The third kappa shape index (κ3) is 18.6. The van der Waals surface area contributed by atoms with Crippen LogP contribution in [0.4, 0.5) is 5.69 Å². The average Bonchev–Trinajstić information content (AvgIpc) is 2.69. The lowest BCUT2D eigenvalue weighted by atomic mass is 10.1. The molecule has 0 aliphatic carbocycles. The molecule has 0 spiro atoms. The highest BCUT2D eigenvalue weighted by Crippen LogP contribution is 2.28. The number of pyridine rings is 1. The molecule has 0 radical (unpaired) electrons. The van der Waals surface area contributed by atoms with Crippen LogP contribution in [0.2, 0.25) is 5.02 Å². The van der Waals surface area contributed by atoms with Gasteiger partial charge in [0.25, 0.3) is 0 Å². The third-order valence-electron chi connectivity index (χ3n) is 4.23. The molecule has 0 amide bonds. The number of benzene rings is 1. The molecule has 7 N–H and O–H groups in total. The molecule has 34 heavy (non-hydrogen) atoms. The monoisotopic (exact) mass is 561 g/mol. The van der Waals surface area contributed by atoms with Crippen LogP contribution < -0.4 is 5.32 Å². The molecule has 0 fully saturated rings. The van der Waals surface area contributed by atoms with Crippen molar-refractivity contribution in [3.63, 3.8) is 0 Å². The fourth-order valence-electron chi connectivity index (χ4n) is 2.72. The highest BCUT2D eigenvalue weighted by Gasteiger charge is 2.06. The van der Waals surface area contributed by atoms with E-state index in [-0.39, 0.29) is 0 Å². The number of anilines is 1. The number of phosphoric acid groups is 2. The lowest BCUT2D eigenvalue weighted by molar-refractivity contribution is 0.272. The summed E-state index contributed by atoms with van der Waals surface area (Å²) in [7, 11) is -9.28. The summed E-state index contributed by atoms with van der Waals surface area (Å²) in [5.41, 5.74) is 3.31. The topological polar surface area (TPSA) is 184 Å². The number of fused-ring (bicyclic) bond motifs is 1. The van der Waals surface area contributed by atoms with Gasteiger partial charge in [0.05, 0.1) is 5.52 Å². The van der Waals surface area contributed by atoms with Crippen LogP contribution in [0.3, 0.4) is 0 Å². The maximum atomic E-state index is 8.88. The van der Waals surface area contributed by atoms with Gasteiger partial charge < -0.3 is 39.6 Å². The van der Waals surface area contributed by atoms with Crippen molar-refractivity contribution in [2.45, 2.75) is 27.2 Å². The molecule has 1 aromatic carbocycles. The molecule has 196 valence electrons. The number of nitrogens with one attached hydrogen (secondary N) is 1. The first kappa shape index (κ1) is 33.2. The van der Waals surface area contributed by atoms with Gasteiger partial charge in [-0.1, -0.05) is 25.4 Å². The summed E-state index contributed by atoms with van der Waals surface area (Å²) in [6.07, 6.45) is 3.08. The first-order valence-electron chi connectivity index (χ1n) is 10.3.